The summed E-state index contributed by atoms with van der Waals surface area (Å²) in [4.78, 5) is 50.8. The van der Waals surface area contributed by atoms with E-state index in [-0.39, 0.29) is 37.4 Å². The van der Waals surface area contributed by atoms with Crippen LogP contribution in [0.5, 0.6) is 5.75 Å². The summed E-state index contributed by atoms with van der Waals surface area (Å²) in [6.07, 6.45) is -1.92. The highest BCUT2D eigenvalue weighted by molar-refractivity contribution is 7.58. The second-order valence-electron chi connectivity index (χ2n) is 12.1. The molecule has 5 N–H and O–H groups in total. The number of hydrogen-bond acceptors (Lipinski definition) is 8. The number of alkyl carbamates (subject to hydrolysis) is 1. The minimum absolute atomic E-state index is 0.00188. The van der Waals surface area contributed by atoms with Crippen LogP contribution in [0, 0.1) is 5.92 Å². The lowest BCUT2D eigenvalue weighted by Crippen LogP contribution is -2.46. The number of ether oxygens (including phenoxy) is 1. The van der Waals surface area contributed by atoms with Gasteiger partial charge in [-0.1, -0.05) is 108 Å². The molecule has 1 unspecified atom stereocenters. The second kappa shape index (κ2) is 17.3. The van der Waals surface area contributed by atoms with Crippen molar-refractivity contribution in [3.05, 3.63) is 144 Å². The van der Waals surface area contributed by atoms with Gasteiger partial charge in [-0.25, -0.2) is 9.59 Å². The fraction of sp³-hybridized carbons (Fsp3) is 0.211. The van der Waals surface area contributed by atoms with Gasteiger partial charge in [0, 0.05) is 37.1 Å². The molecule has 0 radical (unpaired) electrons. The molecule has 0 saturated carbocycles. The molecule has 51 heavy (non-hydrogen) atoms. The van der Waals surface area contributed by atoms with E-state index < -0.39 is 49.2 Å². The number of rotatable bonds is 16. The molecule has 264 valence electrons. The molecule has 13 heteroatoms. The van der Waals surface area contributed by atoms with Crippen molar-refractivity contribution in [2.75, 3.05) is 6.16 Å². The Morgan fingerprint density at radius 1 is 0.765 bits per heavy atom. The molecule has 5 rings (SSSR count). The number of hydrogen-bond donors (Lipinski definition) is 5. The summed E-state index contributed by atoms with van der Waals surface area (Å²) in [5.74, 6) is -4.54. The highest BCUT2D eigenvalue weighted by atomic mass is 31.2. The molecule has 0 bridgehead atoms. The fourth-order valence-corrected chi connectivity index (χ4v) is 7.45. The van der Waals surface area contributed by atoms with Gasteiger partial charge in [-0.2, -0.15) is 0 Å². The van der Waals surface area contributed by atoms with Gasteiger partial charge in [0.05, 0.1) is 5.92 Å². The maximum absolute atomic E-state index is 14.3. The summed E-state index contributed by atoms with van der Waals surface area (Å²) in [5, 5.41) is 28.8. The van der Waals surface area contributed by atoms with Gasteiger partial charge in [0.1, 0.15) is 35.6 Å². The lowest BCUT2D eigenvalue weighted by Gasteiger charge is -2.27. The third-order valence-electron chi connectivity index (χ3n) is 8.18. The number of nitrogens with one attached hydrogen (secondary N) is 2. The number of carboxylic acid groups (broad SMARTS) is 1. The van der Waals surface area contributed by atoms with Crippen molar-refractivity contribution < 1.29 is 43.3 Å². The monoisotopic (exact) mass is 711 g/mol. The number of carboxylic acids is 1. The molecule has 1 heterocycles. The zero-order chi connectivity index (χ0) is 36.2. The molecular formula is C38H38N3O9P. The lowest BCUT2D eigenvalue weighted by molar-refractivity contribution is -0.142. The van der Waals surface area contributed by atoms with Crippen LogP contribution in [0.1, 0.15) is 22.5 Å². The van der Waals surface area contributed by atoms with E-state index in [0.717, 1.165) is 11.1 Å². The van der Waals surface area contributed by atoms with Crippen molar-refractivity contribution in [3.63, 3.8) is 0 Å². The number of carbonyl (C=O) groups excluding carboxylic acids is 2. The van der Waals surface area contributed by atoms with Crippen LogP contribution < -0.4 is 10.6 Å². The van der Waals surface area contributed by atoms with E-state index >= 15 is 0 Å². The molecule has 0 aliphatic rings. The molecule has 1 aromatic heterocycles. The Kier molecular flexibility index (Phi) is 12.4. The van der Waals surface area contributed by atoms with Crippen LogP contribution in [0.3, 0.4) is 0 Å². The maximum Gasteiger partial charge on any atom is 0.408 e. The summed E-state index contributed by atoms with van der Waals surface area (Å²) in [5.41, 5.74) is 3.15. The first-order chi connectivity index (χ1) is 24.6. The first-order valence-electron chi connectivity index (χ1n) is 16.2. The molecule has 4 aromatic carbocycles. The first kappa shape index (κ1) is 36.6. The number of phenols is 1. The molecule has 2 amide bonds. The zero-order valence-electron chi connectivity index (χ0n) is 27.5. The largest absolute Gasteiger partial charge is 0.508 e. The van der Waals surface area contributed by atoms with Crippen molar-refractivity contribution in [1.29, 1.82) is 0 Å². The van der Waals surface area contributed by atoms with Crippen LogP contribution in [0.2, 0.25) is 0 Å². The molecule has 12 nitrogen and oxygen atoms in total. The number of aliphatic carboxylic acids is 1. The van der Waals surface area contributed by atoms with Gasteiger partial charge in [-0.05, 0) is 28.8 Å². The van der Waals surface area contributed by atoms with Crippen molar-refractivity contribution in [2.24, 2.45) is 5.92 Å². The van der Waals surface area contributed by atoms with E-state index in [4.69, 9.17) is 9.26 Å². The van der Waals surface area contributed by atoms with E-state index in [1.165, 1.54) is 24.3 Å². The number of amides is 2. The average molecular weight is 712 g/mol. The van der Waals surface area contributed by atoms with E-state index in [1.54, 1.807) is 60.7 Å². The molecule has 4 atom stereocenters. The van der Waals surface area contributed by atoms with Gasteiger partial charge in [-0.3, -0.25) is 9.36 Å². The molecule has 0 aliphatic carbocycles. The Bertz CT molecular complexity index is 1940. The van der Waals surface area contributed by atoms with Crippen molar-refractivity contribution >= 4 is 25.3 Å². The number of aromatic nitrogens is 1. The SMILES string of the molecule is O=C(N[C@H](Cc1ccccc1)P(=O)(O)C[C@H](Cc1cc(-c2ccccc2)no1)C(=O)N[C@H](Cc1ccc(O)cc1)C(=O)O)OCc1ccccc1. The predicted octanol–water partition coefficient (Wildman–Crippen LogP) is 5.78. The number of aromatic hydroxyl groups is 1. The summed E-state index contributed by atoms with van der Waals surface area (Å²) in [7, 11) is -4.47. The van der Waals surface area contributed by atoms with Crippen molar-refractivity contribution in [3.8, 4) is 17.0 Å². The maximum atomic E-state index is 14.3. The first-order valence-corrected chi connectivity index (χ1v) is 18.1. The molecule has 5 aromatic rings. The molecular weight excluding hydrogens is 673 g/mol. The fourth-order valence-electron chi connectivity index (χ4n) is 5.47. The summed E-state index contributed by atoms with van der Waals surface area (Å²) in [6, 6.07) is 33.0. The standard InChI is InChI=1S/C38H38N3O9P/c42-31-18-16-27(17-19-31)20-34(37(44)45)39-36(43)30(22-32-23-33(41-50-32)29-14-8-3-9-15-29)25-51(47,48)35(21-26-10-4-1-5-11-26)40-38(46)49-24-28-12-6-2-7-13-28/h1-19,23,30,34-35,42H,20-22,24-25H2,(H,39,43)(H,40,46)(H,44,45)(H,47,48)/t30-,34+,35-/m0/s1. The number of benzene rings is 4. The van der Waals surface area contributed by atoms with Crippen molar-refractivity contribution in [2.45, 2.75) is 37.7 Å². The number of phenolic OH excluding ortho intramolecular Hbond substituents is 1. The normalized spacial score (nSPS) is 14.0. The van der Waals surface area contributed by atoms with E-state index in [1.807, 2.05) is 36.4 Å². The van der Waals surface area contributed by atoms with Crippen LogP contribution in [0.25, 0.3) is 11.3 Å². The van der Waals surface area contributed by atoms with Crippen LogP contribution in [0.4, 0.5) is 4.79 Å². The molecule has 0 saturated heterocycles. The Hall–Kier alpha value is -5.71. The highest BCUT2D eigenvalue weighted by Crippen LogP contribution is 2.48. The lowest BCUT2D eigenvalue weighted by atomic mass is 10.0. The van der Waals surface area contributed by atoms with E-state index in [0.29, 0.717) is 16.8 Å². The summed E-state index contributed by atoms with van der Waals surface area (Å²) < 4.78 is 25.2. The topological polar surface area (TPSA) is 188 Å². The highest BCUT2D eigenvalue weighted by Gasteiger charge is 2.39. The minimum Gasteiger partial charge on any atom is -0.508 e. The third kappa shape index (κ3) is 10.9. The molecule has 0 spiro atoms. The number of carbonyl (C=O) groups is 3. The van der Waals surface area contributed by atoms with Gasteiger partial charge in [0.15, 0.2) is 0 Å². The molecule has 0 aliphatic heterocycles. The van der Waals surface area contributed by atoms with Gasteiger partial charge >= 0.3 is 12.1 Å². The quantitative estimate of drug-likeness (QED) is 0.0785. The van der Waals surface area contributed by atoms with E-state index in [2.05, 4.69) is 15.8 Å². The van der Waals surface area contributed by atoms with Gasteiger partial charge in [0.2, 0.25) is 13.3 Å². The predicted molar refractivity (Wildman–Crippen MR) is 189 cm³/mol. The Morgan fingerprint density at radius 3 is 1.98 bits per heavy atom. The third-order valence-corrected chi connectivity index (χ3v) is 10.4. The van der Waals surface area contributed by atoms with Crippen LogP contribution >= 0.6 is 7.37 Å². The zero-order valence-corrected chi connectivity index (χ0v) is 28.4. The van der Waals surface area contributed by atoms with Crippen LogP contribution in [-0.4, -0.2) is 56.2 Å². The Morgan fingerprint density at radius 2 is 1.35 bits per heavy atom. The Labute approximate surface area is 294 Å². The van der Waals surface area contributed by atoms with Crippen LogP contribution in [-0.2, 0) is 44.8 Å². The smallest absolute Gasteiger partial charge is 0.408 e. The second-order valence-corrected chi connectivity index (χ2v) is 14.6. The van der Waals surface area contributed by atoms with Gasteiger partial charge in [0.25, 0.3) is 0 Å². The number of nitrogens with zero attached hydrogens (tertiary/aromatic N) is 1. The minimum atomic E-state index is -4.47. The van der Waals surface area contributed by atoms with Crippen molar-refractivity contribution in [1.82, 2.24) is 15.8 Å². The average Bonchev–Trinajstić information content (AvgIpc) is 3.60. The van der Waals surface area contributed by atoms with Gasteiger partial charge in [-0.15, -0.1) is 0 Å². The Balaban J connectivity index is 1.40. The van der Waals surface area contributed by atoms with E-state index in [9.17, 15) is 34.1 Å². The summed E-state index contributed by atoms with van der Waals surface area (Å²) >= 11 is 0. The van der Waals surface area contributed by atoms with Gasteiger partial charge < -0.3 is 35.0 Å². The summed E-state index contributed by atoms with van der Waals surface area (Å²) in [6.45, 7) is -0.0711. The molecule has 0 fully saturated rings. The van der Waals surface area contributed by atoms with Crippen LogP contribution in [0.15, 0.2) is 126 Å².